The minimum absolute atomic E-state index is 0.0105. The minimum Gasteiger partial charge on any atom is -0.477 e. The number of benzene rings is 1. The fraction of sp³-hybridized carbons (Fsp3) is 0.429. The van der Waals surface area contributed by atoms with Gasteiger partial charge < -0.3 is 14.8 Å². The van der Waals surface area contributed by atoms with Crippen LogP contribution in [0.1, 0.15) is 48.0 Å². The van der Waals surface area contributed by atoms with Crippen LogP contribution in [0.2, 0.25) is 0 Å². The van der Waals surface area contributed by atoms with E-state index in [1.54, 1.807) is 19.9 Å². The standard InChI is InChI=1S/C21H24N2O6S/c1-12(2)29-21(25)19-14-9-8-13(3)10-17(14)30-20(19)22-18(24)11-28-16-7-5-4-6-15(16)23(26)27/h4-7,12-13H,8-11H2,1-3H3,(H,22,24). The van der Waals surface area contributed by atoms with Gasteiger partial charge in [0.15, 0.2) is 12.4 Å². The molecule has 1 amide bonds. The van der Waals surface area contributed by atoms with Crippen molar-refractivity contribution in [1.82, 2.24) is 0 Å². The Labute approximate surface area is 178 Å². The summed E-state index contributed by atoms with van der Waals surface area (Å²) in [6, 6.07) is 5.85. The molecule has 0 saturated heterocycles. The summed E-state index contributed by atoms with van der Waals surface area (Å²) >= 11 is 1.38. The topological polar surface area (TPSA) is 108 Å². The first-order valence-corrected chi connectivity index (χ1v) is 10.6. The number of ether oxygens (including phenoxy) is 2. The second-order valence-corrected chi connectivity index (χ2v) is 8.68. The number of nitrogens with one attached hydrogen (secondary N) is 1. The van der Waals surface area contributed by atoms with E-state index in [2.05, 4.69) is 12.2 Å². The molecule has 1 aliphatic carbocycles. The number of carbonyl (C=O) groups excluding carboxylic acids is 2. The zero-order valence-electron chi connectivity index (χ0n) is 17.1. The van der Waals surface area contributed by atoms with Crippen LogP contribution in [0.5, 0.6) is 5.75 Å². The lowest BCUT2D eigenvalue weighted by Crippen LogP contribution is -2.22. The summed E-state index contributed by atoms with van der Waals surface area (Å²) in [5.41, 5.74) is 1.14. The maximum Gasteiger partial charge on any atom is 0.341 e. The van der Waals surface area contributed by atoms with Crippen molar-refractivity contribution >= 4 is 33.9 Å². The Morgan fingerprint density at radius 1 is 1.33 bits per heavy atom. The highest BCUT2D eigenvalue weighted by Crippen LogP contribution is 2.40. The molecular weight excluding hydrogens is 408 g/mol. The third kappa shape index (κ3) is 4.96. The van der Waals surface area contributed by atoms with E-state index in [4.69, 9.17) is 9.47 Å². The largest absolute Gasteiger partial charge is 0.477 e. The number of carbonyl (C=O) groups is 2. The molecule has 160 valence electrons. The smallest absolute Gasteiger partial charge is 0.341 e. The van der Waals surface area contributed by atoms with Gasteiger partial charge in [0.05, 0.1) is 16.6 Å². The van der Waals surface area contributed by atoms with Crippen molar-refractivity contribution in [2.45, 2.75) is 46.1 Å². The number of para-hydroxylation sites is 2. The van der Waals surface area contributed by atoms with Crippen LogP contribution in [0.25, 0.3) is 0 Å². The molecule has 1 unspecified atom stereocenters. The summed E-state index contributed by atoms with van der Waals surface area (Å²) in [6.07, 6.45) is 2.31. The van der Waals surface area contributed by atoms with Crippen LogP contribution < -0.4 is 10.1 Å². The number of esters is 1. The summed E-state index contributed by atoms with van der Waals surface area (Å²) in [4.78, 5) is 36.8. The van der Waals surface area contributed by atoms with Crippen LogP contribution in [0.3, 0.4) is 0 Å². The molecule has 1 aliphatic rings. The van der Waals surface area contributed by atoms with Gasteiger partial charge in [-0.3, -0.25) is 14.9 Å². The Morgan fingerprint density at radius 2 is 2.07 bits per heavy atom. The fourth-order valence-electron chi connectivity index (χ4n) is 3.36. The van der Waals surface area contributed by atoms with Crippen molar-refractivity contribution in [3.8, 4) is 5.75 Å². The Morgan fingerprint density at radius 3 is 2.77 bits per heavy atom. The third-order valence-corrected chi connectivity index (χ3v) is 5.90. The molecule has 1 aromatic carbocycles. The number of fused-ring (bicyclic) bond motifs is 1. The number of hydrogen-bond acceptors (Lipinski definition) is 7. The highest BCUT2D eigenvalue weighted by Gasteiger charge is 2.29. The van der Waals surface area contributed by atoms with Gasteiger partial charge in [-0.15, -0.1) is 11.3 Å². The lowest BCUT2D eigenvalue weighted by molar-refractivity contribution is -0.385. The molecule has 2 aromatic rings. The zero-order valence-corrected chi connectivity index (χ0v) is 17.9. The molecule has 0 radical (unpaired) electrons. The third-order valence-electron chi connectivity index (χ3n) is 4.73. The van der Waals surface area contributed by atoms with Gasteiger partial charge in [0.1, 0.15) is 5.00 Å². The molecule has 0 saturated carbocycles. The molecule has 9 heteroatoms. The molecule has 1 aromatic heterocycles. The highest BCUT2D eigenvalue weighted by atomic mass is 32.1. The Bertz CT molecular complexity index is 968. The Balaban J connectivity index is 1.78. The second kappa shape index (κ2) is 9.25. The molecule has 0 fully saturated rings. The second-order valence-electron chi connectivity index (χ2n) is 7.57. The molecule has 0 spiro atoms. The molecule has 0 aliphatic heterocycles. The molecular formula is C21H24N2O6S. The van der Waals surface area contributed by atoms with Crippen LogP contribution in [-0.2, 0) is 22.4 Å². The SMILES string of the molecule is CC1CCc2c(sc(NC(=O)COc3ccccc3[N+](=O)[O-])c2C(=O)OC(C)C)C1. The fourth-order valence-corrected chi connectivity index (χ4v) is 4.78. The predicted molar refractivity (Wildman–Crippen MR) is 113 cm³/mol. The molecule has 0 bridgehead atoms. The van der Waals surface area contributed by atoms with Gasteiger partial charge in [0.25, 0.3) is 5.91 Å². The van der Waals surface area contributed by atoms with E-state index < -0.39 is 23.4 Å². The van der Waals surface area contributed by atoms with Gasteiger partial charge in [0.2, 0.25) is 0 Å². The van der Waals surface area contributed by atoms with Crippen molar-refractivity contribution in [2.24, 2.45) is 5.92 Å². The van der Waals surface area contributed by atoms with Gasteiger partial charge in [-0.25, -0.2) is 4.79 Å². The average molecular weight is 432 g/mol. The number of nitro groups is 1. The van der Waals surface area contributed by atoms with Crippen molar-refractivity contribution in [1.29, 1.82) is 0 Å². The molecule has 8 nitrogen and oxygen atoms in total. The van der Waals surface area contributed by atoms with Crippen LogP contribution >= 0.6 is 11.3 Å². The highest BCUT2D eigenvalue weighted by molar-refractivity contribution is 7.17. The lowest BCUT2D eigenvalue weighted by atomic mass is 9.88. The molecule has 1 heterocycles. The van der Waals surface area contributed by atoms with Crippen LogP contribution in [0.4, 0.5) is 10.7 Å². The maximum atomic E-state index is 12.7. The summed E-state index contributed by atoms with van der Waals surface area (Å²) in [6.45, 7) is 5.30. The minimum atomic E-state index is -0.568. The van der Waals surface area contributed by atoms with E-state index in [1.807, 2.05) is 0 Å². The van der Waals surface area contributed by atoms with Crippen LogP contribution in [0.15, 0.2) is 24.3 Å². The van der Waals surface area contributed by atoms with Gasteiger partial charge in [0, 0.05) is 10.9 Å². The van der Waals surface area contributed by atoms with Crippen molar-refractivity contribution in [3.63, 3.8) is 0 Å². The van der Waals surface area contributed by atoms with Crippen molar-refractivity contribution in [3.05, 3.63) is 50.4 Å². The molecule has 30 heavy (non-hydrogen) atoms. The molecule has 3 rings (SSSR count). The van der Waals surface area contributed by atoms with Crippen LogP contribution in [0, 0.1) is 16.0 Å². The van der Waals surface area contributed by atoms with Gasteiger partial charge in [-0.2, -0.15) is 0 Å². The monoisotopic (exact) mass is 432 g/mol. The van der Waals surface area contributed by atoms with Crippen LogP contribution in [-0.4, -0.2) is 29.5 Å². The number of thiophene rings is 1. The maximum absolute atomic E-state index is 12.7. The summed E-state index contributed by atoms with van der Waals surface area (Å²) in [5, 5.41) is 14.3. The number of anilines is 1. The van der Waals surface area contributed by atoms with E-state index in [9.17, 15) is 19.7 Å². The van der Waals surface area contributed by atoms with Crippen molar-refractivity contribution < 1.29 is 24.0 Å². The first kappa shape index (κ1) is 21.8. The number of amides is 1. The Hall–Kier alpha value is -2.94. The van der Waals surface area contributed by atoms with E-state index in [0.29, 0.717) is 16.5 Å². The summed E-state index contributed by atoms with van der Waals surface area (Å²) in [7, 11) is 0. The Kier molecular flexibility index (Phi) is 6.71. The normalized spacial score (nSPS) is 15.4. The quantitative estimate of drug-likeness (QED) is 0.396. The molecule has 1 N–H and O–H groups in total. The van der Waals surface area contributed by atoms with E-state index >= 15 is 0 Å². The number of hydrogen-bond donors (Lipinski definition) is 1. The van der Waals surface area contributed by atoms with E-state index in [0.717, 1.165) is 29.7 Å². The number of rotatable bonds is 7. The zero-order chi connectivity index (χ0) is 21.8. The summed E-state index contributed by atoms with van der Waals surface area (Å²) < 4.78 is 10.7. The number of nitro benzene ring substituents is 1. The van der Waals surface area contributed by atoms with E-state index in [1.165, 1.54) is 29.5 Å². The summed E-state index contributed by atoms with van der Waals surface area (Å²) in [5.74, 6) is -0.433. The van der Waals surface area contributed by atoms with Gasteiger partial charge in [-0.1, -0.05) is 19.1 Å². The first-order chi connectivity index (χ1) is 14.3. The molecule has 1 atom stereocenters. The van der Waals surface area contributed by atoms with Crippen molar-refractivity contribution in [2.75, 3.05) is 11.9 Å². The predicted octanol–water partition coefficient (Wildman–Crippen LogP) is 4.36. The van der Waals surface area contributed by atoms with Gasteiger partial charge >= 0.3 is 11.7 Å². The number of nitrogens with zero attached hydrogens (tertiary/aromatic N) is 1. The van der Waals surface area contributed by atoms with Gasteiger partial charge in [-0.05, 0) is 50.7 Å². The lowest BCUT2D eigenvalue weighted by Gasteiger charge is -2.18. The average Bonchev–Trinajstić information content (AvgIpc) is 3.02. The first-order valence-electron chi connectivity index (χ1n) is 9.77. The van der Waals surface area contributed by atoms with E-state index in [-0.39, 0.29) is 17.5 Å².